The molecule has 2 aromatic rings. The molecule has 1 unspecified atom stereocenters. The van der Waals surface area contributed by atoms with E-state index >= 15 is 0 Å². The fourth-order valence-electron chi connectivity index (χ4n) is 4.43. The first-order chi connectivity index (χ1) is 15.5. The van der Waals surface area contributed by atoms with Crippen LogP contribution in [0.2, 0.25) is 0 Å². The molecule has 1 saturated carbocycles. The topological polar surface area (TPSA) is 89.7 Å². The number of rotatable bonds is 7. The molecular weight excluding hydrogens is 404 g/mol. The molecule has 1 aromatic heterocycles. The van der Waals surface area contributed by atoms with E-state index in [-0.39, 0.29) is 18.6 Å². The fourth-order valence-corrected chi connectivity index (χ4v) is 4.43. The van der Waals surface area contributed by atoms with Gasteiger partial charge in [-0.2, -0.15) is 5.26 Å². The second-order valence-corrected chi connectivity index (χ2v) is 8.66. The predicted octanol–water partition coefficient (Wildman–Crippen LogP) is 3.06. The number of pyridine rings is 1. The van der Waals surface area contributed by atoms with Crippen molar-refractivity contribution >= 4 is 11.7 Å². The molecule has 1 aliphatic carbocycles. The molecule has 1 amide bonds. The molecule has 32 heavy (non-hydrogen) atoms. The fraction of sp³-hybridized carbons (Fsp3) is 0.480. The average molecular weight is 435 g/mol. The van der Waals surface area contributed by atoms with Crippen molar-refractivity contribution in [1.29, 1.82) is 5.26 Å². The van der Waals surface area contributed by atoms with E-state index in [4.69, 9.17) is 9.72 Å². The van der Waals surface area contributed by atoms with E-state index in [0.717, 1.165) is 35.2 Å². The standard InChI is InChI=1S/C25H30N4O3/c1-17-15-28(9-10-29(17)23(31)8-11-32-2)25-21(14-26)13-22(24(27-25)19-6-7-19)20-5-3-4-18(12-20)16-30/h3-5,12-13,17,19,30H,6-11,15-16H2,1-2H3. The van der Waals surface area contributed by atoms with E-state index in [9.17, 15) is 15.2 Å². The summed E-state index contributed by atoms with van der Waals surface area (Å²) in [6, 6.07) is 12.1. The van der Waals surface area contributed by atoms with Crippen LogP contribution in [-0.4, -0.2) is 60.3 Å². The number of aliphatic hydroxyl groups is 1. The molecule has 1 saturated heterocycles. The summed E-state index contributed by atoms with van der Waals surface area (Å²) in [5.41, 5.74) is 4.38. The van der Waals surface area contributed by atoms with Crippen LogP contribution in [0.4, 0.5) is 5.82 Å². The highest BCUT2D eigenvalue weighted by atomic mass is 16.5. The molecular formula is C25H30N4O3. The maximum Gasteiger partial charge on any atom is 0.225 e. The normalized spacial score (nSPS) is 18.5. The Kier molecular flexibility index (Phi) is 6.73. The first kappa shape index (κ1) is 22.3. The third-order valence-electron chi connectivity index (χ3n) is 6.30. The van der Waals surface area contributed by atoms with Crippen molar-refractivity contribution in [1.82, 2.24) is 9.88 Å². The summed E-state index contributed by atoms with van der Waals surface area (Å²) in [5, 5.41) is 19.5. The molecule has 1 aromatic carbocycles. The Bertz CT molecular complexity index is 1030. The summed E-state index contributed by atoms with van der Waals surface area (Å²) in [4.78, 5) is 21.6. The molecule has 4 rings (SSSR count). The molecule has 2 aliphatic rings. The number of nitrogens with zero attached hydrogens (tertiary/aromatic N) is 4. The van der Waals surface area contributed by atoms with Gasteiger partial charge in [0.05, 0.1) is 30.9 Å². The zero-order valence-electron chi connectivity index (χ0n) is 18.8. The maximum atomic E-state index is 12.5. The molecule has 1 atom stereocenters. The van der Waals surface area contributed by atoms with Gasteiger partial charge in [-0.25, -0.2) is 4.98 Å². The van der Waals surface area contributed by atoms with Crippen LogP contribution in [-0.2, 0) is 16.1 Å². The lowest BCUT2D eigenvalue weighted by Gasteiger charge is -2.41. The van der Waals surface area contributed by atoms with E-state index in [1.54, 1.807) is 7.11 Å². The van der Waals surface area contributed by atoms with E-state index in [0.29, 0.717) is 50.0 Å². The van der Waals surface area contributed by atoms with Gasteiger partial charge in [-0.3, -0.25) is 4.79 Å². The maximum absolute atomic E-state index is 12.5. The number of hydrogen-bond acceptors (Lipinski definition) is 6. The molecule has 2 fully saturated rings. The van der Waals surface area contributed by atoms with Gasteiger partial charge in [0.2, 0.25) is 5.91 Å². The molecule has 0 radical (unpaired) electrons. The second-order valence-electron chi connectivity index (χ2n) is 8.66. The molecule has 0 spiro atoms. The van der Waals surface area contributed by atoms with Crippen LogP contribution in [0.1, 0.15) is 48.9 Å². The van der Waals surface area contributed by atoms with Crippen molar-refractivity contribution in [3.63, 3.8) is 0 Å². The number of hydrogen-bond donors (Lipinski definition) is 1. The Labute approximate surface area is 189 Å². The number of benzene rings is 1. The van der Waals surface area contributed by atoms with Crippen LogP contribution in [0.5, 0.6) is 0 Å². The van der Waals surface area contributed by atoms with Crippen molar-refractivity contribution < 1.29 is 14.6 Å². The second kappa shape index (κ2) is 9.68. The first-order valence-electron chi connectivity index (χ1n) is 11.2. The lowest BCUT2D eigenvalue weighted by Crippen LogP contribution is -2.54. The number of piperazine rings is 1. The van der Waals surface area contributed by atoms with Gasteiger partial charge in [0, 0.05) is 44.3 Å². The number of anilines is 1. The summed E-state index contributed by atoms with van der Waals surface area (Å²) < 4.78 is 5.05. The summed E-state index contributed by atoms with van der Waals surface area (Å²) >= 11 is 0. The lowest BCUT2D eigenvalue weighted by molar-refractivity contribution is -0.134. The van der Waals surface area contributed by atoms with Crippen molar-refractivity contribution in [3.8, 4) is 17.2 Å². The van der Waals surface area contributed by atoms with Gasteiger partial charge < -0.3 is 19.6 Å². The first-order valence-corrected chi connectivity index (χ1v) is 11.2. The minimum atomic E-state index is -0.0194. The average Bonchev–Trinajstić information content (AvgIpc) is 3.67. The van der Waals surface area contributed by atoms with E-state index in [1.807, 2.05) is 42.2 Å². The number of ether oxygens (including phenoxy) is 1. The number of aliphatic hydroxyl groups excluding tert-OH is 1. The monoisotopic (exact) mass is 434 g/mol. The third kappa shape index (κ3) is 4.62. The Morgan fingerprint density at radius 3 is 2.78 bits per heavy atom. The summed E-state index contributed by atoms with van der Waals surface area (Å²) in [6.45, 7) is 4.34. The van der Waals surface area contributed by atoms with Gasteiger partial charge in [-0.05, 0) is 43.0 Å². The van der Waals surface area contributed by atoms with Gasteiger partial charge in [0.1, 0.15) is 11.9 Å². The number of nitriles is 1. The van der Waals surface area contributed by atoms with E-state index in [1.165, 1.54) is 0 Å². The predicted molar refractivity (Wildman–Crippen MR) is 122 cm³/mol. The van der Waals surface area contributed by atoms with Crippen LogP contribution in [0.15, 0.2) is 30.3 Å². The number of methoxy groups -OCH3 is 1. The molecule has 0 bridgehead atoms. The molecule has 2 heterocycles. The Hall–Kier alpha value is -2.95. The minimum absolute atomic E-state index is 0.0194. The van der Waals surface area contributed by atoms with Gasteiger partial charge >= 0.3 is 0 Å². The van der Waals surface area contributed by atoms with Gasteiger partial charge in [-0.15, -0.1) is 0 Å². The number of carbonyl (C=O) groups excluding carboxylic acids is 1. The van der Waals surface area contributed by atoms with Crippen LogP contribution in [0, 0.1) is 11.3 Å². The van der Waals surface area contributed by atoms with Crippen molar-refractivity contribution in [3.05, 3.63) is 47.2 Å². The SMILES string of the molecule is COCCC(=O)N1CCN(c2nc(C3CC3)c(-c3cccc(CO)c3)cc2C#N)CC1C. The van der Waals surface area contributed by atoms with Crippen molar-refractivity contribution in [2.24, 2.45) is 0 Å². The van der Waals surface area contributed by atoms with Crippen molar-refractivity contribution in [2.45, 2.75) is 44.8 Å². The van der Waals surface area contributed by atoms with Crippen LogP contribution >= 0.6 is 0 Å². The minimum Gasteiger partial charge on any atom is -0.392 e. The van der Waals surface area contributed by atoms with Crippen LogP contribution < -0.4 is 4.90 Å². The molecule has 168 valence electrons. The third-order valence-corrected chi connectivity index (χ3v) is 6.30. The molecule has 7 nitrogen and oxygen atoms in total. The summed E-state index contributed by atoms with van der Waals surface area (Å²) in [7, 11) is 1.60. The molecule has 1 aliphatic heterocycles. The highest BCUT2D eigenvalue weighted by Crippen LogP contribution is 2.45. The van der Waals surface area contributed by atoms with Crippen LogP contribution in [0.3, 0.4) is 0 Å². The number of aromatic nitrogens is 1. The van der Waals surface area contributed by atoms with Crippen LogP contribution in [0.25, 0.3) is 11.1 Å². The number of amides is 1. The van der Waals surface area contributed by atoms with Crippen molar-refractivity contribution in [2.75, 3.05) is 38.3 Å². The highest BCUT2D eigenvalue weighted by Gasteiger charge is 2.33. The Morgan fingerprint density at radius 1 is 1.31 bits per heavy atom. The van der Waals surface area contributed by atoms with E-state index in [2.05, 4.69) is 11.0 Å². The lowest BCUT2D eigenvalue weighted by atomic mass is 9.97. The number of carbonyl (C=O) groups is 1. The summed E-state index contributed by atoms with van der Waals surface area (Å²) in [5.74, 6) is 1.22. The Balaban J connectivity index is 1.63. The summed E-state index contributed by atoms with van der Waals surface area (Å²) in [6.07, 6.45) is 2.59. The molecule has 1 N–H and O–H groups in total. The highest BCUT2D eigenvalue weighted by molar-refractivity contribution is 5.77. The zero-order valence-corrected chi connectivity index (χ0v) is 18.8. The van der Waals surface area contributed by atoms with Gasteiger partial charge in [0.25, 0.3) is 0 Å². The van der Waals surface area contributed by atoms with E-state index < -0.39 is 0 Å². The smallest absolute Gasteiger partial charge is 0.225 e. The van der Waals surface area contributed by atoms with Gasteiger partial charge in [0.15, 0.2) is 0 Å². The zero-order chi connectivity index (χ0) is 22.7. The molecule has 7 heteroatoms. The van der Waals surface area contributed by atoms with Gasteiger partial charge in [-0.1, -0.05) is 18.2 Å². The largest absolute Gasteiger partial charge is 0.392 e. The quantitative estimate of drug-likeness (QED) is 0.720. The Morgan fingerprint density at radius 2 is 2.12 bits per heavy atom.